The first-order valence-corrected chi connectivity index (χ1v) is 3.82. The lowest BCUT2D eigenvalue weighted by atomic mass is 9.82. The molecule has 1 rings (SSSR count). The van der Waals surface area contributed by atoms with Crippen molar-refractivity contribution in [3.05, 3.63) is 35.1 Å². The first-order valence-electron chi connectivity index (χ1n) is 3.82. The smallest absolute Gasteiger partial charge is 0.449 e. The zero-order valence-corrected chi connectivity index (χ0v) is 6.98. The second-order valence-electron chi connectivity index (χ2n) is 2.84. The van der Waals surface area contributed by atoms with Crippen molar-refractivity contribution in [3.63, 3.8) is 0 Å². The maximum Gasteiger partial charge on any atom is 0.482 e. The van der Waals surface area contributed by atoms with Gasteiger partial charge in [0.25, 0.3) is 0 Å². The number of nitrogens with zero attached hydrogens (tertiary/aromatic N) is 1. The van der Waals surface area contributed by atoms with Gasteiger partial charge >= 0.3 is 6.98 Å². The van der Waals surface area contributed by atoms with Crippen molar-refractivity contribution < 1.29 is 17.3 Å². The molecule has 0 bridgehead atoms. The number of hydrogen-bond acceptors (Lipinski definition) is 1. The Balaban J connectivity index is 2.94. The lowest BCUT2D eigenvalue weighted by Crippen LogP contribution is -2.19. The van der Waals surface area contributed by atoms with Crippen LogP contribution in [0, 0.1) is 17.1 Å². The Bertz CT molecular complexity index is 380. The van der Waals surface area contributed by atoms with Crippen LogP contribution in [0.5, 0.6) is 0 Å². The normalized spacial score (nSPS) is 11.1. The first-order chi connectivity index (χ1) is 6.42. The van der Waals surface area contributed by atoms with Crippen molar-refractivity contribution in [2.45, 2.75) is 6.32 Å². The minimum absolute atomic E-state index is 0.158. The standard InChI is InChI=1S/C8H5BF4N/c10-8-3-6(4-9(11,12)13)1-2-7(8)5-14/h1-3H,4H2/q-1. The van der Waals surface area contributed by atoms with Crippen LogP contribution in [0.3, 0.4) is 0 Å². The molecular weight excluding hydrogens is 197 g/mol. The van der Waals surface area contributed by atoms with Crippen LogP contribution in [-0.2, 0) is 6.32 Å². The van der Waals surface area contributed by atoms with Gasteiger partial charge in [0.1, 0.15) is 11.9 Å². The van der Waals surface area contributed by atoms with E-state index in [0.29, 0.717) is 0 Å². The minimum Gasteiger partial charge on any atom is -0.449 e. The van der Waals surface area contributed by atoms with E-state index < -0.39 is 19.1 Å². The molecule has 6 heteroatoms. The fourth-order valence-corrected chi connectivity index (χ4v) is 1.04. The van der Waals surface area contributed by atoms with Crippen LogP contribution in [0.4, 0.5) is 17.3 Å². The third-order valence-corrected chi connectivity index (χ3v) is 1.62. The quantitative estimate of drug-likeness (QED) is 0.534. The zero-order chi connectivity index (χ0) is 10.8. The van der Waals surface area contributed by atoms with E-state index in [4.69, 9.17) is 5.26 Å². The molecule has 1 aromatic carbocycles. The SMILES string of the molecule is N#Cc1ccc(C[B-](F)(F)F)cc1F. The highest BCUT2D eigenvalue weighted by molar-refractivity contribution is 6.57. The van der Waals surface area contributed by atoms with Gasteiger partial charge in [0.15, 0.2) is 0 Å². The van der Waals surface area contributed by atoms with Crippen LogP contribution in [0.15, 0.2) is 18.2 Å². The van der Waals surface area contributed by atoms with Gasteiger partial charge in [-0.15, -0.1) is 0 Å². The molecule has 0 fully saturated rings. The van der Waals surface area contributed by atoms with Crippen molar-refractivity contribution in [3.8, 4) is 6.07 Å². The number of hydrogen-bond donors (Lipinski definition) is 0. The van der Waals surface area contributed by atoms with Crippen LogP contribution in [0.2, 0.25) is 0 Å². The van der Waals surface area contributed by atoms with Crippen molar-refractivity contribution in [2.75, 3.05) is 0 Å². The fraction of sp³-hybridized carbons (Fsp3) is 0.125. The van der Waals surface area contributed by atoms with E-state index in [1.807, 2.05) is 0 Å². The molecule has 0 aliphatic rings. The van der Waals surface area contributed by atoms with Gasteiger partial charge in [0.2, 0.25) is 0 Å². The lowest BCUT2D eigenvalue weighted by molar-refractivity contribution is 0.468. The Morgan fingerprint density at radius 3 is 2.36 bits per heavy atom. The van der Waals surface area contributed by atoms with Gasteiger partial charge < -0.3 is 12.9 Å². The summed E-state index contributed by atoms with van der Waals surface area (Å²) in [5.41, 5.74) is -0.405. The van der Waals surface area contributed by atoms with Crippen LogP contribution < -0.4 is 0 Å². The van der Waals surface area contributed by atoms with E-state index in [1.165, 1.54) is 6.07 Å². The summed E-state index contributed by atoms with van der Waals surface area (Å²) in [6.45, 7) is -4.96. The average molecular weight is 202 g/mol. The summed E-state index contributed by atoms with van der Waals surface area (Å²) in [6.07, 6.45) is -1.12. The van der Waals surface area contributed by atoms with Crippen LogP contribution in [0.25, 0.3) is 0 Å². The molecule has 0 amide bonds. The predicted molar refractivity (Wildman–Crippen MR) is 43.9 cm³/mol. The molecule has 1 aromatic rings. The van der Waals surface area contributed by atoms with Gasteiger partial charge in [-0.25, -0.2) is 4.39 Å². The van der Waals surface area contributed by atoms with Gasteiger partial charge in [0, 0.05) is 0 Å². The van der Waals surface area contributed by atoms with E-state index in [0.717, 1.165) is 18.2 Å². The Morgan fingerprint density at radius 1 is 1.29 bits per heavy atom. The number of benzene rings is 1. The van der Waals surface area contributed by atoms with Crippen molar-refractivity contribution >= 4 is 6.98 Å². The first kappa shape index (κ1) is 10.6. The molecule has 0 spiro atoms. The van der Waals surface area contributed by atoms with Gasteiger partial charge in [-0.05, 0) is 12.1 Å². The summed E-state index contributed by atoms with van der Waals surface area (Å²) in [7, 11) is 0. The molecule has 74 valence electrons. The molecule has 0 unspecified atom stereocenters. The Morgan fingerprint density at radius 2 is 1.93 bits per heavy atom. The van der Waals surface area contributed by atoms with Gasteiger partial charge in [-0.1, -0.05) is 17.9 Å². The highest BCUT2D eigenvalue weighted by atomic mass is 19.4. The molecule has 0 aliphatic heterocycles. The van der Waals surface area contributed by atoms with Gasteiger partial charge in [-0.3, -0.25) is 0 Å². The van der Waals surface area contributed by atoms with Crippen molar-refractivity contribution in [1.82, 2.24) is 0 Å². The van der Waals surface area contributed by atoms with Crippen LogP contribution >= 0.6 is 0 Å². The second kappa shape index (κ2) is 3.70. The molecule has 0 saturated heterocycles. The fourth-order valence-electron chi connectivity index (χ4n) is 1.04. The van der Waals surface area contributed by atoms with E-state index in [1.54, 1.807) is 0 Å². The second-order valence-corrected chi connectivity index (χ2v) is 2.84. The summed E-state index contributed by atoms with van der Waals surface area (Å²) >= 11 is 0. The predicted octanol–water partition coefficient (Wildman–Crippen LogP) is 2.63. The average Bonchev–Trinajstić information content (AvgIpc) is 2.01. The van der Waals surface area contributed by atoms with Crippen molar-refractivity contribution in [2.24, 2.45) is 0 Å². The number of nitriles is 1. The molecule has 0 heterocycles. The lowest BCUT2D eigenvalue weighted by Gasteiger charge is -2.13. The molecule has 0 aliphatic carbocycles. The topological polar surface area (TPSA) is 23.8 Å². The molecule has 1 nitrogen and oxygen atoms in total. The summed E-state index contributed by atoms with van der Waals surface area (Å²) in [4.78, 5) is 0. The maximum absolute atomic E-state index is 12.8. The highest BCUT2D eigenvalue weighted by Crippen LogP contribution is 2.18. The van der Waals surface area contributed by atoms with E-state index in [9.17, 15) is 17.3 Å². The third-order valence-electron chi connectivity index (χ3n) is 1.62. The zero-order valence-electron chi connectivity index (χ0n) is 6.98. The van der Waals surface area contributed by atoms with E-state index >= 15 is 0 Å². The van der Waals surface area contributed by atoms with Gasteiger partial charge in [0.05, 0.1) is 5.56 Å². The molecule has 0 aromatic heterocycles. The Labute approximate surface area is 78.0 Å². The Hall–Kier alpha value is -1.51. The highest BCUT2D eigenvalue weighted by Gasteiger charge is 2.23. The molecule has 0 saturated carbocycles. The monoisotopic (exact) mass is 202 g/mol. The molecule has 0 N–H and O–H groups in total. The molecule has 0 radical (unpaired) electrons. The van der Waals surface area contributed by atoms with Crippen LogP contribution in [-0.4, -0.2) is 6.98 Å². The van der Waals surface area contributed by atoms with Crippen molar-refractivity contribution in [1.29, 1.82) is 5.26 Å². The van der Waals surface area contributed by atoms with E-state index in [-0.39, 0.29) is 11.1 Å². The number of rotatable bonds is 2. The summed E-state index contributed by atoms with van der Waals surface area (Å²) in [5, 5.41) is 8.33. The molecular formula is C8H5BF4N-. The maximum atomic E-state index is 12.8. The summed E-state index contributed by atoms with van der Waals surface area (Å²) in [6, 6.07) is 4.43. The largest absolute Gasteiger partial charge is 0.482 e. The third kappa shape index (κ3) is 2.77. The van der Waals surface area contributed by atoms with E-state index in [2.05, 4.69) is 0 Å². The molecule has 14 heavy (non-hydrogen) atoms. The minimum atomic E-state index is -4.96. The number of halogens is 4. The molecule has 0 atom stereocenters. The summed E-state index contributed by atoms with van der Waals surface area (Å²) < 4.78 is 48.6. The van der Waals surface area contributed by atoms with Gasteiger partial charge in [-0.2, -0.15) is 5.26 Å². The summed E-state index contributed by atoms with van der Waals surface area (Å²) in [5.74, 6) is -0.912. The Kier molecular flexibility index (Phi) is 2.80. The van der Waals surface area contributed by atoms with Crippen LogP contribution in [0.1, 0.15) is 11.1 Å².